The van der Waals surface area contributed by atoms with Crippen LogP contribution in [0.15, 0.2) is 103 Å². The van der Waals surface area contributed by atoms with Crippen LogP contribution in [-0.2, 0) is 30.7 Å². The molecule has 0 unspecified atom stereocenters. The standard InChI is InChI=1S/C39H44N6O.2ClH/c1-43(38(46)21-15-30-22-24-44(25-23-30)27-31-8-4-2-5-9-31)34-18-19-36-35(26-34)42-37(45(36)28-32-10-6-3-7-11-32)20-14-29-12-16-33(17-13-29)39(40)41;;/h2-13,16-19,26,30H,14-15,20-25,27-28H2,1H3,(H3,40,41);2*1H. The summed E-state index contributed by atoms with van der Waals surface area (Å²) in [6.45, 7) is 3.93. The Bertz CT molecular complexity index is 1770. The largest absolute Gasteiger partial charge is 0.384 e. The Morgan fingerprint density at radius 2 is 1.46 bits per heavy atom. The highest BCUT2D eigenvalue weighted by atomic mass is 35.5. The number of aromatic nitrogens is 2. The number of likely N-dealkylation sites (tertiary alicyclic amines) is 1. The fourth-order valence-corrected chi connectivity index (χ4v) is 6.53. The van der Waals surface area contributed by atoms with Crippen LogP contribution in [0.25, 0.3) is 11.0 Å². The van der Waals surface area contributed by atoms with E-state index >= 15 is 0 Å². The van der Waals surface area contributed by atoms with Gasteiger partial charge in [-0.3, -0.25) is 15.1 Å². The van der Waals surface area contributed by atoms with Crippen molar-refractivity contribution in [2.75, 3.05) is 25.0 Å². The van der Waals surface area contributed by atoms with Gasteiger partial charge in [0.1, 0.15) is 11.7 Å². The third-order valence-corrected chi connectivity index (χ3v) is 9.38. The van der Waals surface area contributed by atoms with Crippen LogP contribution < -0.4 is 10.6 Å². The zero-order chi connectivity index (χ0) is 31.9. The van der Waals surface area contributed by atoms with E-state index < -0.39 is 0 Å². The second kappa shape index (κ2) is 17.3. The maximum Gasteiger partial charge on any atom is 0.226 e. The molecular weight excluding hydrogens is 639 g/mol. The molecule has 7 nitrogen and oxygen atoms in total. The van der Waals surface area contributed by atoms with E-state index in [0.29, 0.717) is 12.3 Å². The smallest absolute Gasteiger partial charge is 0.226 e. The number of fused-ring (bicyclic) bond motifs is 1. The first-order chi connectivity index (χ1) is 22.4. The van der Waals surface area contributed by atoms with E-state index in [-0.39, 0.29) is 36.6 Å². The summed E-state index contributed by atoms with van der Waals surface area (Å²) < 4.78 is 2.30. The normalized spacial score (nSPS) is 13.4. The van der Waals surface area contributed by atoms with Crippen molar-refractivity contribution >= 4 is 53.3 Å². The van der Waals surface area contributed by atoms with Crippen molar-refractivity contribution in [3.8, 4) is 0 Å². The Morgan fingerprint density at radius 3 is 2.08 bits per heavy atom. The van der Waals surface area contributed by atoms with E-state index in [9.17, 15) is 4.79 Å². The predicted molar refractivity (Wildman–Crippen MR) is 202 cm³/mol. The number of nitrogen functional groups attached to an aromatic ring is 1. The summed E-state index contributed by atoms with van der Waals surface area (Å²) in [7, 11) is 1.89. The van der Waals surface area contributed by atoms with Crippen molar-refractivity contribution in [1.82, 2.24) is 14.5 Å². The lowest BCUT2D eigenvalue weighted by Gasteiger charge is -2.32. The van der Waals surface area contributed by atoms with Crippen LogP contribution in [0, 0.1) is 11.3 Å². The Kier molecular flexibility index (Phi) is 13.2. The highest BCUT2D eigenvalue weighted by molar-refractivity contribution is 5.95. The average molecular weight is 686 g/mol. The predicted octanol–water partition coefficient (Wildman–Crippen LogP) is 7.65. The number of aryl methyl sites for hydroxylation is 2. The fraction of sp³-hybridized carbons (Fsp3) is 0.308. The minimum atomic E-state index is 0. The van der Waals surface area contributed by atoms with Crippen molar-refractivity contribution < 1.29 is 4.79 Å². The van der Waals surface area contributed by atoms with Gasteiger partial charge in [0.05, 0.1) is 11.0 Å². The molecule has 48 heavy (non-hydrogen) atoms. The van der Waals surface area contributed by atoms with Gasteiger partial charge in [0.15, 0.2) is 0 Å². The number of amidine groups is 1. The molecule has 9 heteroatoms. The molecule has 0 radical (unpaired) electrons. The summed E-state index contributed by atoms with van der Waals surface area (Å²) in [5, 5.41) is 7.66. The molecule has 1 aromatic heterocycles. The maximum atomic E-state index is 13.3. The summed E-state index contributed by atoms with van der Waals surface area (Å²) in [5.41, 5.74) is 13.0. The second-order valence-electron chi connectivity index (χ2n) is 12.6. The van der Waals surface area contributed by atoms with E-state index in [1.165, 1.54) is 16.7 Å². The molecule has 0 spiro atoms. The number of piperidine rings is 1. The van der Waals surface area contributed by atoms with Crippen LogP contribution in [0.3, 0.4) is 0 Å². The van der Waals surface area contributed by atoms with Gasteiger partial charge in [-0.1, -0.05) is 84.9 Å². The topological polar surface area (TPSA) is 91.2 Å². The second-order valence-corrected chi connectivity index (χ2v) is 12.6. The lowest BCUT2D eigenvalue weighted by atomic mass is 9.91. The highest BCUT2D eigenvalue weighted by Crippen LogP contribution is 2.27. The number of carbonyl (C=O) groups is 1. The van der Waals surface area contributed by atoms with Gasteiger partial charge >= 0.3 is 0 Å². The number of hydrogen-bond donors (Lipinski definition) is 2. The monoisotopic (exact) mass is 684 g/mol. The molecule has 1 saturated heterocycles. The third-order valence-electron chi connectivity index (χ3n) is 9.38. The van der Waals surface area contributed by atoms with E-state index in [2.05, 4.69) is 82.3 Å². The van der Waals surface area contributed by atoms with Gasteiger partial charge < -0.3 is 15.2 Å². The first-order valence-electron chi connectivity index (χ1n) is 16.4. The number of nitrogens with two attached hydrogens (primary N) is 1. The number of carbonyl (C=O) groups excluding carboxylic acids is 1. The number of rotatable bonds is 12. The van der Waals surface area contributed by atoms with E-state index in [1.54, 1.807) is 4.90 Å². The van der Waals surface area contributed by atoms with Gasteiger partial charge in [0.2, 0.25) is 5.91 Å². The highest BCUT2D eigenvalue weighted by Gasteiger charge is 2.22. The summed E-state index contributed by atoms with van der Waals surface area (Å²) in [4.78, 5) is 22.8. The van der Waals surface area contributed by atoms with E-state index in [4.69, 9.17) is 16.1 Å². The molecule has 0 bridgehead atoms. The van der Waals surface area contributed by atoms with Gasteiger partial charge in [0, 0.05) is 44.2 Å². The molecule has 6 rings (SSSR count). The Balaban J connectivity index is 0.00000260. The number of nitrogens with one attached hydrogen (secondary N) is 1. The zero-order valence-corrected chi connectivity index (χ0v) is 29.2. The third kappa shape index (κ3) is 9.25. The Hall–Kier alpha value is -4.17. The molecule has 1 aliphatic rings. The zero-order valence-electron chi connectivity index (χ0n) is 27.6. The van der Waals surface area contributed by atoms with E-state index in [1.807, 2.05) is 37.4 Å². The molecule has 1 fully saturated rings. The molecule has 0 atom stereocenters. The first-order valence-corrected chi connectivity index (χ1v) is 16.4. The summed E-state index contributed by atoms with van der Waals surface area (Å²) in [5.74, 6) is 1.85. The molecule has 0 aliphatic carbocycles. The molecule has 2 heterocycles. The minimum Gasteiger partial charge on any atom is -0.384 e. The van der Waals surface area contributed by atoms with Crippen molar-refractivity contribution in [3.63, 3.8) is 0 Å². The number of hydrogen-bond acceptors (Lipinski definition) is 4. The minimum absolute atomic E-state index is 0. The molecule has 1 aliphatic heterocycles. The number of benzene rings is 4. The van der Waals surface area contributed by atoms with Gasteiger partial charge in [-0.2, -0.15) is 0 Å². The SMILES string of the molecule is CN(C(=O)CCC1CCN(Cc2ccccc2)CC1)c1ccc2c(c1)nc(CCc1ccc(C(=N)N)cc1)n2Cc1ccccc1.Cl.Cl. The van der Waals surface area contributed by atoms with Crippen LogP contribution >= 0.6 is 24.8 Å². The molecule has 1 amide bonds. The van der Waals surface area contributed by atoms with Crippen molar-refractivity contribution in [2.24, 2.45) is 11.7 Å². The van der Waals surface area contributed by atoms with Gasteiger partial charge in [-0.15, -0.1) is 24.8 Å². The van der Waals surface area contributed by atoms with Crippen molar-refractivity contribution in [1.29, 1.82) is 5.41 Å². The van der Waals surface area contributed by atoms with Gasteiger partial charge in [-0.25, -0.2) is 4.98 Å². The Labute approximate surface area is 296 Å². The Morgan fingerprint density at radius 1 is 0.833 bits per heavy atom. The van der Waals surface area contributed by atoms with Crippen LogP contribution in [0.4, 0.5) is 5.69 Å². The maximum absolute atomic E-state index is 13.3. The number of amides is 1. The first kappa shape index (κ1) is 36.7. The summed E-state index contributed by atoms with van der Waals surface area (Å²) in [6.07, 6.45) is 5.40. The van der Waals surface area contributed by atoms with Crippen LogP contribution in [-0.4, -0.2) is 46.3 Å². The molecular formula is C39H46Cl2N6O. The van der Waals surface area contributed by atoms with Crippen molar-refractivity contribution in [2.45, 2.75) is 51.6 Å². The quantitative estimate of drug-likeness (QED) is 0.104. The fourth-order valence-electron chi connectivity index (χ4n) is 6.53. The molecule has 0 saturated carbocycles. The van der Waals surface area contributed by atoms with Crippen LogP contribution in [0.5, 0.6) is 0 Å². The summed E-state index contributed by atoms with van der Waals surface area (Å²) >= 11 is 0. The number of anilines is 1. The van der Waals surface area contributed by atoms with E-state index in [0.717, 1.165) is 86.4 Å². The molecule has 4 aromatic carbocycles. The number of nitrogens with zero attached hydrogens (tertiary/aromatic N) is 4. The molecule has 252 valence electrons. The van der Waals surface area contributed by atoms with Crippen LogP contribution in [0.1, 0.15) is 53.8 Å². The average Bonchev–Trinajstić information content (AvgIpc) is 3.43. The summed E-state index contributed by atoms with van der Waals surface area (Å²) in [6, 6.07) is 35.2. The lowest BCUT2D eigenvalue weighted by molar-refractivity contribution is -0.118. The molecule has 3 N–H and O–H groups in total. The number of imidazole rings is 1. The van der Waals surface area contributed by atoms with Crippen molar-refractivity contribution in [3.05, 3.63) is 131 Å². The lowest BCUT2D eigenvalue weighted by Crippen LogP contribution is -2.34. The molecule has 5 aromatic rings. The van der Waals surface area contributed by atoms with Gasteiger partial charge in [0.25, 0.3) is 0 Å². The van der Waals surface area contributed by atoms with Crippen LogP contribution in [0.2, 0.25) is 0 Å². The van der Waals surface area contributed by atoms with Gasteiger partial charge in [-0.05, 0) is 79.6 Å². The number of halogens is 2.